The number of aryl methyl sites for hydroxylation is 2. The van der Waals surface area contributed by atoms with Gasteiger partial charge >= 0.3 is 5.69 Å². The first-order valence-corrected chi connectivity index (χ1v) is 11.4. The van der Waals surface area contributed by atoms with Crippen LogP contribution in [-0.4, -0.2) is 37.4 Å². The zero-order valence-electron chi connectivity index (χ0n) is 17.8. The SMILES string of the molecule is Cc1cccc(C)c1NC(=O)Cn1nc2n(C[C@H]3CCCO3)c(=O)c3sccc3n2c1=O. The number of para-hydroxylation sites is 1. The largest absolute Gasteiger partial charge is 0.376 e. The number of rotatable bonds is 5. The fourth-order valence-electron chi connectivity index (χ4n) is 4.22. The van der Waals surface area contributed by atoms with Gasteiger partial charge in [-0.15, -0.1) is 16.4 Å². The summed E-state index contributed by atoms with van der Waals surface area (Å²) in [6, 6.07) is 7.48. The van der Waals surface area contributed by atoms with Gasteiger partial charge in [-0.2, -0.15) is 0 Å². The standard InChI is InChI=1S/C22H23N5O4S/c1-13-5-3-6-14(2)18(13)23-17(28)12-26-22(30)27-16-8-10-32-19(16)20(29)25(21(27)24-26)11-15-7-4-9-31-15/h3,5-6,8,10,15H,4,7,9,11-12H2,1-2H3,(H,23,28)/t15-/m1/s1. The third-order valence-corrected chi connectivity index (χ3v) is 6.73. The molecule has 4 aromatic rings. The fraction of sp³-hybridized carbons (Fsp3) is 0.364. The number of carbonyl (C=O) groups excluding carboxylic acids is 1. The Morgan fingerprint density at radius 1 is 1.25 bits per heavy atom. The van der Waals surface area contributed by atoms with Gasteiger partial charge in [-0.3, -0.25) is 14.2 Å². The molecule has 4 heterocycles. The van der Waals surface area contributed by atoms with Crippen molar-refractivity contribution in [1.82, 2.24) is 18.7 Å². The number of carbonyl (C=O) groups is 1. The second kappa shape index (κ2) is 8.03. The summed E-state index contributed by atoms with van der Waals surface area (Å²) in [4.78, 5) is 39.1. The quantitative estimate of drug-likeness (QED) is 0.500. The molecule has 0 unspecified atom stereocenters. The number of thiophene rings is 1. The summed E-state index contributed by atoms with van der Waals surface area (Å²) in [5, 5.41) is 9.05. The van der Waals surface area contributed by atoms with E-state index in [0.717, 1.165) is 34.3 Å². The fourth-order valence-corrected chi connectivity index (χ4v) is 5.04. The van der Waals surface area contributed by atoms with Crippen molar-refractivity contribution in [3.63, 3.8) is 0 Å². The van der Waals surface area contributed by atoms with E-state index < -0.39 is 5.69 Å². The van der Waals surface area contributed by atoms with E-state index in [9.17, 15) is 14.4 Å². The predicted molar refractivity (Wildman–Crippen MR) is 123 cm³/mol. The molecule has 1 N–H and O–H groups in total. The van der Waals surface area contributed by atoms with Gasteiger partial charge in [0.25, 0.3) is 5.56 Å². The van der Waals surface area contributed by atoms with Crippen LogP contribution in [0.3, 0.4) is 0 Å². The molecule has 9 nitrogen and oxygen atoms in total. The average molecular weight is 454 g/mol. The third kappa shape index (κ3) is 3.45. The highest BCUT2D eigenvalue weighted by atomic mass is 32.1. The van der Waals surface area contributed by atoms with E-state index in [0.29, 0.717) is 23.4 Å². The van der Waals surface area contributed by atoms with Gasteiger partial charge in [0, 0.05) is 12.3 Å². The Bertz CT molecular complexity index is 1430. The van der Waals surface area contributed by atoms with E-state index in [1.807, 2.05) is 32.0 Å². The molecule has 5 rings (SSSR count). The molecule has 1 aromatic carbocycles. The molecule has 1 saturated heterocycles. The Hall–Kier alpha value is -3.24. The zero-order valence-corrected chi connectivity index (χ0v) is 18.6. The van der Waals surface area contributed by atoms with Crippen molar-refractivity contribution in [2.45, 2.75) is 45.9 Å². The normalized spacial score (nSPS) is 16.2. The molecular weight excluding hydrogens is 430 g/mol. The van der Waals surface area contributed by atoms with E-state index in [1.165, 1.54) is 20.3 Å². The van der Waals surface area contributed by atoms with Gasteiger partial charge in [-0.1, -0.05) is 18.2 Å². The van der Waals surface area contributed by atoms with Gasteiger partial charge in [0.05, 0.1) is 18.2 Å². The topological polar surface area (TPSA) is 99.6 Å². The van der Waals surface area contributed by atoms with Crippen molar-refractivity contribution in [1.29, 1.82) is 0 Å². The van der Waals surface area contributed by atoms with Crippen LogP contribution < -0.4 is 16.6 Å². The van der Waals surface area contributed by atoms with Gasteiger partial charge in [-0.05, 0) is 49.3 Å². The lowest BCUT2D eigenvalue weighted by Gasteiger charge is -2.12. The van der Waals surface area contributed by atoms with Crippen molar-refractivity contribution in [3.05, 3.63) is 61.6 Å². The third-order valence-electron chi connectivity index (χ3n) is 5.84. The van der Waals surface area contributed by atoms with Gasteiger partial charge in [0.2, 0.25) is 11.7 Å². The van der Waals surface area contributed by atoms with Crippen LogP contribution in [0, 0.1) is 13.8 Å². The minimum atomic E-state index is -0.457. The van der Waals surface area contributed by atoms with Crippen molar-refractivity contribution in [3.8, 4) is 0 Å². The summed E-state index contributed by atoms with van der Waals surface area (Å²) in [6.45, 7) is 4.56. The van der Waals surface area contributed by atoms with Gasteiger partial charge < -0.3 is 10.1 Å². The molecule has 3 aromatic heterocycles. The zero-order chi connectivity index (χ0) is 22.4. The maximum Gasteiger partial charge on any atom is 0.352 e. The van der Waals surface area contributed by atoms with E-state index in [-0.39, 0.29) is 29.9 Å². The summed E-state index contributed by atoms with van der Waals surface area (Å²) in [7, 11) is 0. The number of aromatic nitrogens is 4. The van der Waals surface area contributed by atoms with E-state index in [4.69, 9.17) is 4.74 Å². The number of nitrogens with zero attached hydrogens (tertiary/aromatic N) is 4. The summed E-state index contributed by atoms with van der Waals surface area (Å²) in [5.74, 6) is -0.135. The van der Waals surface area contributed by atoms with Crippen LogP contribution in [0.2, 0.25) is 0 Å². The second-order valence-corrected chi connectivity index (χ2v) is 8.99. The number of ether oxygens (including phenoxy) is 1. The van der Waals surface area contributed by atoms with E-state index in [1.54, 1.807) is 11.4 Å². The first kappa shape index (κ1) is 20.7. The van der Waals surface area contributed by atoms with Crippen LogP contribution in [0.1, 0.15) is 24.0 Å². The maximum absolute atomic E-state index is 13.2. The lowest BCUT2D eigenvalue weighted by atomic mass is 10.1. The van der Waals surface area contributed by atoms with Crippen LogP contribution in [0.4, 0.5) is 5.69 Å². The maximum atomic E-state index is 13.2. The Morgan fingerprint density at radius 2 is 2.03 bits per heavy atom. The van der Waals surface area contributed by atoms with Gasteiger partial charge in [-0.25, -0.2) is 13.9 Å². The lowest BCUT2D eigenvalue weighted by Crippen LogP contribution is -2.30. The number of hydrogen-bond donors (Lipinski definition) is 1. The smallest absolute Gasteiger partial charge is 0.352 e. The number of amides is 1. The van der Waals surface area contributed by atoms with Crippen molar-refractivity contribution in [2.75, 3.05) is 11.9 Å². The van der Waals surface area contributed by atoms with E-state index >= 15 is 0 Å². The van der Waals surface area contributed by atoms with Crippen LogP contribution in [0.25, 0.3) is 16.0 Å². The minimum absolute atomic E-state index is 0.0958. The van der Waals surface area contributed by atoms with E-state index in [2.05, 4.69) is 10.4 Å². The predicted octanol–water partition coefficient (Wildman–Crippen LogP) is 2.31. The molecule has 1 fully saturated rings. The highest BCUT2D eigenvalue weighted by Gasteiger charge is 2.23. The molecule has 0 spiro atoms. The number of fused-ring (bicyclic) bond motifs is 3. The Morgan fingerprint density at radius 3 is 2.75 bits per heavy atom. The summed E-state index contributed by atoms with van der Waals surface area (Å²) in [6.07, 6.45) is 1.70. The lowest BCUT2D eigenvalue weighted by molar-refractivity contribution is -0.117. The highest BCUT2D eigenvalue weighted by Crippen LogP contribution is 2.21. The van der Waals surface area contributed by atoms with Crippen molar-refractivity contribution < 1.29 is 9.53 Å². The Kier molecular flexibility index (Phi) is 5.18. The van der Waals surface area contributed by atoms with Crippen LogP contribution in [-0.2, 0) is 22.6 Å². The monoisotopic (exact) mass is 453 g/mol. The van der Waals surface area contributed by atoms with Gasteiger partial charge in [0.15, 0.2) is 0 Å². The summed E-state index contributed by atoms with van der Waals surface area (Å²) < 4.78 is 10.2. The molecular formula is C22H23N5O4S. The van der Waals surface area contributed by atoms with Crippen molar-refractivity contribution >= 4 is 38.9 Å². The summed E-state index contributed by atoms with van der Waals surface area (Å²) in [5.41, 5.74) is 2.45. The summed E-state index contributed by atoms with van der Waals surface area (Å²) >= 11 is 1.29. The highest BCUT2D eigenvalue weighted by molar-refractivity contribution is 7.17. The molecule has 0 bridgehead atoms. The number of benzene rings is 1. The molecule has 166 valence electrons. The minimum Gasteiger partial charge on any atom is -0.376 e. The second-order valence-electron chi connectivity index (χ2n) is 8.08. The number of nitrogens with one attached hydrogen (secondary N) is 1. The van der Waals surface area contributed by atoms with Crippen LogP contribution >= 0.6 is 11.3 Å². The molecule has 0 saturated carbocycles. The molecule has 1 atom stereocenters. The molecule has 0 radical (unpaired) electrons. The first-order valence-electron chi connectivity index (χ1n) is 10.5. The van der Waals surface area contributed by atoms with Crippen LogP contribution in [0.15, 0.2) is 39.2 Å². The Labute approximate surface area is 186 Å². The molecule has 10 heteroatoms. The molecule has 1 amide bonds. The molecule has 0 aliphatic carbocycles. The Balaban J connectivity index is 1.56. The number of hydrogen-bond acceptors (Lipinski definition) is 6. The average Bonchev–Trinajstić information content (AvgIpc) is 3.50. The molecule has 32 heavy (non-hydrogen) atoms. The van der Waals surface area contributed by atoms with Crippen LogP contribution in [0.5, 0.6) is 0 Å². The van der Waals surface area contributed by atoms with Crippen molar-refractivity contribution in [2.24, 2.45) is 0 Å². The van der Waals surface area contributed by atoms with Gasteiger partial charge in [0.1, 0.15) is 11.2 Å². The number of anilines is 1. The first-order chi connectivity index (χ1) is 15.4. The molecule has 1 aliphatic rings. The molecule has 1 aliphatic heterocycles.